The quantitative estimate of drug-likeness (QED) is 0.815. The zero-order chi connectivity index (χ0) is 11.1. The van der Waals surface area contributed by atoms with Crippen molar-refractivity contribution in [2.75, 3.05) is 0 Å². The Kier molecular flexibility index (Phi) is 2.14. The molecular formula is C13H11NOS. The molecule has 3 heteroatoms. The van der Waals surface area contributed by atoms with Crippen molar-refractivity contribution in [1.82, 2.24) is 0 Å². The molecule has 0 bridgehead atoms. The smallest absolute Gasteiger partial charge is 0.231 e. The second kappa shape index (κ2) is 3.52. The lowest BCUT2D eigenvalue weighted by atomic mass is 10.0. The normalized spacial score (nSPS) is 18.6. The summed E-state index contributed by atoms with van der Waals surface area (Å²) in [6.45, 7) is 0. The molecule has 0 radical (unpaired) electrons. The second-order valence-electron chi connectivity index (χ2n) is 3.99. The predicted octanol–water partition coefficient (Wildman–Crippen LogP) is 2.34. The highest BCUT2D eigenvalue weighted by molar-refractivity contribution is 8.01. The fourth-order valence-electron chi connectivity index (χ4n) is 2.13. The zero-order valence-electron chi connectivity index (χ0n) is 8.64. The van der Waals surface area contributed by atoms with Crippen molar-refractivity contribution in [3.63, 3.8) is 0 Å². The standard InChI is InChI=1S/C13H11NOS/c14-13(15)11-7-9-6-5-8-3-1-2-4-10(8)12(9)16-11/h1-6,11H,7H2,(H2,14,15). The van der Waals surface area contributed by atoms with Crippen LogP contribution in [-0.4, -0.2) is 11.2 Å². The van der Waals surface area contributed by atoms with Gasteiger partial charge in [-0.05, 0) is 22.8 Å². The minimum Gasteiger partial charge on any atom is -0.369 e. The van der Waals surface area contributed by atoms with Gasteiger partial charge in [-0.3, -0.25) is 4.79 Å². The van der Waals surface area contributed by atoms with Crippen LogP contribution in [0.15, 0.2) is 41.3 Å². The van der Waals surface area contributed by atoms with Crippen molar-refractivity contribution in [2.45, 2.75) is 16.6 Å². The number of nitrogens with two attached hydrogens (primary N) is 1. The van der Waals surface area contributed by atoms with E-state index in [1.54, 1.807) is 11.8 Å². The molecule has 1 amide bonds. The molecule has 80 valence electrons. The minimum absolute atomic E-state index is 0.0965. The molecule has 0 saturated carbocycles. The Labute approximate surface area is 97.8 Å². The molecule has 1 aliphatic heterocycles. The molecule has 1 heterocycles. The minimum atomic E-state index is -0.217. The summed E-state index contributed by atoms with van der Waals surface area (Å²) in [6.07, 6.45) is 0.764. The number of hydrogen-bond donors (Lipinski definition) is 1. The number of benzene rings is 2. The molecule has 2 aromatic carbocycles. The van der Waals surface area contributed by atoms with Crippen LogP contribution in [0.5, 0.6) is 0 Å². The maximum atomic E-state index is 11.2. The second-order valence-corrected chi connectivity index (χ2v) is 5.20. The average molecular weight is 229 g/mol. The third-order valence-corrected chi connectivity index (χ3v) is 4.35. The summed E-state index contributed by atoms with van der Waals surface area (Å²) in [5, 5.41) is 2.36. The summed E-state index contributed by atoms with van der Waals surface area (Å²) in [6, 6.07) is 12.5. The fraction of sp³-hybridized carbons (Fsp3) is 0.154. The lowest BCUT2D eigenvalue weighted by Crippen LogP contribution is -2.24. The Morgan fingerprint density at radius 3 is 2.88 bits per heavy atom. The largest absolute Gasteiger partial charge is 0.369 e. The Hall–Kier alpha value is -1.48. The summed E-state index contributed by atoms with van der Waals surface area (Å²) in [4.78, 5) is 12.4. The van der Waals surface area contributed by atoms with Crippen molar-refractivity contribution < 1.29 is 4.79 Å². The van der Waals surface area contributed by atoms with Crippen molar-refractivity contribution >= 4 is 28.4 Å². The van der Waals surface area contributed by atoms with Gasteiger partial charge in [0.2, 0.25) is 5.91 Å². The molecular weight excluding hydrogens is 218 g/mol. The van der Waals surface area contributed by atoms with E-state index < -0.39 is 0 Å². The molecule has 0 fully saturated rings. The van der Waals surface area contributed by atoms with Crippen LogP contribution in [-0.2, 0) is 11.2 Å². The molecule has 2 N–H and O–H groups in total. The Balaban J connectivity index is 2.17. The number of hydrogen-bond acceptors (Lipinski definition) is 2. The summed E-state index contributed by atoms with van der Waals surface area (Å²) in [5.41, 5.74) is 6.60. The molecule has 0 aromatic heterocycles. The number of fused-ring (bicyclic) bond motifs is 3. The van der Waals surface area contributed by atoms with Gasteiger partial charge in [-0.1, -0.05) is 36.4 Å². The first-order valence-corrected chi connectivity index (χ1v) is 6.10. The number of rotatable bonds is 1. The highest BCUT2D eigenvalue weighted by Crippen LogP contribution is 2.41. The highest BCUT2D eigenvalue weighted by Gasteiger charge is 2.27. The zero-order valence-corrected chi connectivity index (χ0v) is 9.46. The van der Waals surface area contributed by atoms with E-state index in [0.717, 1.165) is 6.42 Å². The molecule has 1 aliphatic rings. The molecule has 0 saturated heterocycles. The van der Waals surface area contributed by atoms with Gasteiger partial charge in [0.1, 0.15) is 0 Å². The van der Waals surface area contributed by atoms with E-state index in [4.69, 9.17) is 5.73 Å². The Morgan fingerprint density at radius 1 is 1.25 bits per heavy atom. The van der Waals surface area contributed by atoms with Crippen LogP contribution in [0.25, 0.3) is 10.8 Å². The van der Waals surface area contributed by atoms with Crippen molar-refractivity contribution in [1.29, 1.82) is 0 Å². The van der Waals surface area contributed by atoms with Gasteiger partial charge < -0.3 is 5.73 Å². The van der Waals surface area contributed by atoms with Crippen molar-refractivity contribution in [2.24, 2.45) is 5.73 Å². The van der Waals surface area contributed by atoms with E-state index in [1.807, 2.05) is 12.1 Å². The maximum absolute atomic E-state index is 11.2. The summed E-state index contributed by atoms with van der Waals surface area (Å²) < 4.78 is 0. The van der Waals surface area contributed by atoms with E-state index >= 15 is 0 Å². The van der Waals surface area contributed by atoms with Gasteiger partial charge in [-0.15, -0.1) is 11.8 Å². The van der Waals surface area contributed by atoms with Gasteiger partial charge in [0.15, 0.2) is 0 Å². The molecule has 1 unspecified atom stereocenters. The SMILES string of the molecule is NC(=O)C1Cc2ccc3ccccc3c2S1. The van der Waals surface area contributed by atoms with Crippen molar-refractivity contribution in [3.05, 3.63) is 42.0 Å². The molecule has 2 nitrogen and oxygen atoms in total. The van der Waals surface area contributed by atoms with Crippen molar-refractivity contribution in [3.8, 4) is 0 Å². The van der Waals surface area contributed by atoms with E-state index in [0.29, 0.717) is 0 Å². The van der Waals surface area contributed by atoms with Gasteiger partial charge in [0.05, 0.1) is 5.25 Å². The van der Waals surface area contributed by atoms with Gasteiger partial charge in [0, 0.05) is 4.90 Å². The number of carbonyl (C=O) groups is 1. The van der Waals surface area contributed by atoms with Crippen LogP contribution in [0.3, 0.4) is 0 Å². The summed E-state index contributed by atoms with van der Waals surface area (Å²) in [5.74, 6) is -0.217. The number of primary amides is 1. The van der Waals surface area contributed by atoms with Crippen LogP contribution < -0.4 is 5.73 Å². The molecule has 0 spiro atoms. The molecule has 2 aromatic rings. The lowest BCUT2D eigenvalue weighted by molar-refractivity contribution is -0.117. The van der Waals surface area contributed by atoms with Crippen LogP contribution in [0.2, 0.25) is 0 Å². The van der Waals surface area contributed by atoms with Crippen LogP contribution in [0, 0.1) is 0 Å². The lowest BCUT2D eigenvalue weighted by Gasteiger charge is -2.03. The van der Waals surface area contributed by atoms with Gasteiger partial charge in [0.25, 0.3) is 0 Å². The monoisotopic (exact) mass is 229 g/mol. The number of amides is 1. The van der Waals surface area contributed by atoms with E-state index in [2.05, 4.69) is 24.3 Å². The molecule has 0 aliphatic carbocycles. The van der Waals surface area contributed by atoms with Crippen LogP contribution in [0.1, 0.15) is 5.56 Å². The highest BCUT2D eigenvalue weighted by atomic mass is 32.2. The molecule has 3 rings (SSSR count). The first-order chi connectivity index (χ1) is 7.75. The maximum Gasteiger partial charge on any atom is 0.231 e. The summed E-state index contributed by atoms with van der Waals surface area (Å²) >= 11 is 1.60. The first-order valence-electron chi connectivity index (χ1n) is 5.22. The topological polar surface area (TPSA) is 43.1 Å². The van der Waals surface area contributed by atoms with Gasteiger partial charge >= 0.3 is 0 Å². The number of thioether (sulfide) groups is 1. The van der Waals surface area contributed by atoms with Gasteiger partial charge in [-0.2, -0.15) is 0 Å². The first kappa shape index (κ1) is 9.73. The van der Waals surface area contributed by atoms with Crippen LogP contribution in [0.4, 0.5) is 0 Å². The van der Waals surface area contributed by atoms with E-state index in [1.165, 1.54) is 21.2 Å². The van der Waals surface area contributed by atoms with E-state index in [9.17, 15) is 4.79 Å². The van der Waals surface area contributed by atoms with Gasteiger partial charge in [-0.25, -0.2) is 0 Å². The third kappa shape index (κ3) is 1.39. The van der Waals surface area contributed by atoms with E-state index in [-0.39, 0.29) is 11.2 Å². The average Bonchev–Trinajstić information content (AvgIpc) is 2.73. The Morgan fingerprint density at radius 2 is 2.06 bits per heavy atom. The third-order valence-electron chi connectivity index (χ3n) is 2.94. The predicted molar refractivity (Wildman–Crippen MR) is 66.5 cm³/mol. The summed E-state index contributed by atoms with van der Waals surface area (Å²) in [7, 11) is 0. The van der Waals surface area contributed by atoms with Crippen LogP contribution >= 0.6 is 11.8 Å². The molecule has 1 atom stereocenters. The Bertz CT molecular complexity index is 579. The molecule has 16 heavy (non-hydrogen) atoms. The number of carbonyl (C=O) groups excluding carboxylic acids is 1. The fourth-order valence-corrected chi connectivity index (χ4v) is 3.41.